The lowest BCUT2D eigenvalue weighted by atomic mass is 9.96. The van der Waals surface area contributed by atoms with Gasteiger partial charge in [0.1, 0.15) is 0 Å². The number of hydrogen-bond donors (Lipinski definition) is 1. The highest BCUT2D eigenvalue weighted by molar-refractivity contribution is 5.02. The molecule has 0 aromatic rings. The lowest BCUT2D eigenvalue weighted by Crippen LogP contribution is -2.21. The molecule has 0 bridgehead atoms. The van der Waals surface area contributed by atoms with E-state index < -0.39 is 0 Å². The molecular formula is C9H17NO. The third-order valence-electron chi connectivity index (χ3n) is 2.13. The van der Waals surface area contributed by atoms with Crippen molar-refractivity contribution < 1.29 is 4.74 Å². The molecule has 1 fully saturated rings. The first-order valence-electron chi connectivity index (χ1n) is 4.38. The van der Waals surface area contributed by atoms with E-state index in [-0.39, 0.29) is 0 Å². The second-order valence-electron chi connectivity index (χ2n) is 3.00. The summed E-state index contributed by atoms with van der Waals surface area (Å²) in [5, 5.41) is 0. The van der Waals surface area contributed by atoms with Gasteiger partial charge in [-0.25, -0.2) is 0 Å². The lowest BCUT2D eigenvalue weighted by Gasteiger charge is -2.22. The Morgan fingerprint density at radius 1 is 1.55 bits per heavy atom. The van der Waals surface area contributed by atoms with Gasteiger partial charge in [0.05, 0.1) is 0 Å². The van der Waals surface area contributed by atoms with Crippen molar-refractivity contribution in [3.8, 4) is 0 Å². The summed E-state index contributed by atoms with van der Waals surface area (Å²) in [5.74, 6) is 0.587. The molecule has 2 nitrogen and oxygen atoms in total. The van der Waals surface area contributed by atoms with Crippen LogP contribution in [-0.2, 0) is 4.74 Å². The van der Waals surface area contributed by atoms with Gasteiger partial charge in [0, 0.05) is 24.8 Å². The van der Waals surface area contributed by atoms with E-state index in [1.165, 1.54) is 0 Å². The molecule has 2 heteroatoms. The molecule has 0 aliphatic carbocycles. The molecule has 11 heavy (non-hydrogen) atoms. The molecule has 1 aliphatic rings. The minimum Gasteiger partial charge on any atom is -0.402 e. The van der Waals surface area contributed by atoms with E-state index >= 15 is 0 Å². The lowest BCUT2D eigenvalue weighted by molar-refractivity contribution is 0.0753. The fourth-order valence-electron chi connectivity index (χ4n) is 1.43. The molecule has 0 spiro atoms. The highest BCUT2D eigenvalue weighted by Crippen LogP contribution is 2.19. The molecule has 0 unspecified atom stereocenters. The zero-order valence-corrected chi connectivity index (χ0v) is 7.18. The van der Waals surface area contributed by atoms with E-state index in [1.807, 2.05) is 0 Å². The van der Waals surface area contributed by atoms with E-state index in [9.17, 15) is 0 Å². The zero-order valence-electron chi connectivity index (χ0n) is 7.18. The van der Waals surface area contributed by atoms with Crippen LogP contribution >= 0.6 is 0 Å². The molecule has 0 saturated carbocycles. The fourth-order valence-corrected chi connectivity index (χ4v) is 1.43. The number of rotatable bonds is 2. The Kier molecular flexibility index (Phi) is 3.43. The molecule has 0 aromatic carbocycles. The van der Waals surface area contributed by atoms with Gasteiger partial charge in [-0.2, -0.15) is 0 Å². The maximum atomic E-state index is 5.86. The monoisotopic (exact) mass is 155 g/mol. The summed E-state index contributed by atoms with van der Waals surface area (Å²) in [4.78, 5) is 0. The normalized spacial score (nSPS) is 22.1. The minimum atomic E-state index is 0.587. The maximum Gasteiger partial charge on any atom is 0.0472 e. The van der Waals surface area contributed by atoms with Crippen LogP contribution in [0, 0.1) is 5.92 Å². The summed E-state index contributed by atoms with van der Waals surface area (Å²) in [6.45, 7) is 3.87. The first-order valence-corrected chi connectivity index (χ1v) is 4.38. The molecule has 1 aliphatic heterocycles. The van der Waals surface area contributed by atoms with Gasteiger partial charge in [0.15, 0.2) is 0 Å². The van der Waals surface area contributed by atoms with Crippen LogP contribution in [0.5, 0.6) is 0 Å². The minimum absolute atomic E-state index is 0.587. The van der Waals surface area contributed by atoms with Gasteiger partial charge in [-0.15, -0.1) is 0 Å². The highest BCUT2D eigenvalue weighted by atomic mass is 16.5. The van der Waals surface area contributed by atoms with Crippen LogP contribution in [0.4, 0.5) is 0 Å². The van der Waals surface area contributed by atoms with Crippen molar-refractivity contribution in [3.05, 3.63) is 11.8 Å². The molecular weight excluding hydrogens is 138 g/mol. The van der Waals surface area contributed by atoms with Gasteiger partial charge >= 0.3 is 0 Å². The maximum absolute atomic E-state index is 5.86. The van der Waals surface area contributed by atoms with Crippen molar-refractivity contribution >= 4 is 0 Å². The quantitative estimate of drug-likeness (QED) is 0.658. The van der Waals surface area contributed by atoms with Gasteiger partial charge in [-0.3, -0.25) is 0 Å². The van der Waals surface area contributed by atoms with Crippen LogP contribution in [-0.4, -0.2) is 13.2 Å². The molecule has 1 rings (SSSR count). The predicted molar refractivity (Wildman–Crippen MR) is 46.1 cm³/mol. The first-order chi connectivity index (χ1) is 5.34. The van der Waals surface area contributed by atoms with Gasteiger partial charge in [0.2, 0.25) is 0 Å². The molecule has 0 amide bonds. The van der Waals surface area contributed by atoms with Crippen molar-refractivity contribution in [2.24, 2.45) is 11.7 Å². The van der Waals surface area contributed by atoms with E-state index in [2.05, 4.69) is 13.0 Å². The summed E-state index contributed by atoms with van der Waals surface area (Å²) < 4.78 is 5.25. The second-order valence-corrected chi connectivity index (χ2v) is 3.00. The third kappa shape index (κ3) is 2.54. The Bertz CT molecular complexity index is 136. The Hall–Kier alpha value is -0.500. The van der Waals surface area contributed by atoms with Crippen molar-refractivity contribution in [2.75, 3.05) is 13.2 Å². The van der Waals surface area contributed by atoms with Crippen molar-refractivity contribution in [2.45, 2.75) is 26.2 Å². The number of allylic oxidation sites excluding steroid dienone is 2. The summed E-state index contributed by atoms with van der Waals surface area (Å²) >= 11 is 0. The second kappa shape index (κ2) is 4.39. The highest BCUT2D eigenvalue weighted by Gasteiger charge is 2.14. The average Bonchev–Trinajstić information content (AvgIpc) is 2.07. The summed E-state index contributed by atoms with van der Waals surface area (Å²) in [6.07, 6.45) is 5.36. The van der Waals surface area contributed by atoms with Crippen LogP contribution in [0.1, 0.15) is 26.2 Å². The summed E-state index contributed by atoms with van der Waals surface area (Å²) in [7, 11) is 0. The van der Waals surface area contributed by atoms with Crippen molar-refractivity contribution in [1.82, 2.24) is 0 Å². The Labute approximate surface area is 68.4 Å². The molecule has 1 saturated heterocycles. The van der Waals surface area contributed by atoms with E-state index in [0.29, 0.717) is 5.92 Å². The first kappa shape index (κ1) is 8.60. The van der Waals surface area contributed by atoms with Crippen molar-refractivity contribution in [3.63, 3.8) is 0 Å². The van der Waals surface area contributed by atoms with E-state index in [0.717, 1.165) is 38.2 Å². The number of hydrogen-bond acceptors (Lipinski definition) is 2. The van der Waals surface area contributed by atoms with Crippen molar-refractivity contribution in [1.29, 1.82) is 0 Å². The van der Waals surface area contributed by atoms with E-state index in [4.69, 9.17) is 10.5 Å². The fraction of sp³-hybridized carbons (Fsp3) is 0.778. The molecule has 64 valence electrons. The predicted octanol–water partition coefficient (Wildman–Crippen LogP) is 1.67. The molecule has 1 heterocycles. The summed E-state index contributed by atoms with van der Waals surface area (Å²) in [6, 6.07) is 0. The smallest absolute Gasteiger partial charge is 0.0472 e. The van der Waals surface area contributed by atoms with E-state index in [1.54, 1.807) is 0 Å². The third-order valence-corrected chi connectivity index (χ3v) is 2.13. The molecule has 2 N–H and O–H groups in total. The summed E-state index contributed by atoms with van der Waals surface area (Å²) in [5.41, 5.74) is 6.93. The van der Waals surface area contributed by atoms with Gasteiger partial charge in [-0.05, 0) is 19.3 Å². The van der Waals surface area contributed by atoms with Crippen LogP contribution in [0.3, 0.4) is 0 Å². The number of nitrogens with two attached hydrogens (primary N) is 1. The van der Waals surface area contributed by atoms with Gasteiger partial charge in [-0.1, -0.05) is 13.0 Å². The standard InChI is InChI=1S/C9H17NO/c1-2-3-9(10)8-4-6-11-7-5-8/h3,8H,2,4-7,10H2,1H3/b9-3-. The van der Waals surface area contributed by atoms with Crippen LogP contribution in [0.15, 0.2) is 11.8 Å². The van der Waals surface area contributed by atoms with Crippen LogP contribution < -0.4 is 5.73 Å². The molecule has 0 radical (unpaired) electrons. The van der Waals surface area contributed by atoms with Crippen LogP contribution in [0.25, 0.3) is 0 Å². The number of ether oxygens (including phenoxy) is 1. The van der Waals surface area contributed by atoms with Gasteiger partial charge < -0.3 is 10.5 Å². The molecule has 0 aromatic heterocycles. The van der Waals surface area contributed by atoms with Crippen LogP contribution in [0.2, 0.25) is 0 Å². The Balaban J connectivity index is 2.38. The Morgan fingerprint density at radius 2 is 2.18 bits per heavy atom. The SMILES string of the molecule is CC/C=C(\N)C1CCOCC1. The average molecular weight is 155 g/mol. The Morgan fingerprint density at radius 3 is 2.73 bits per heavy atom. The molecule has 0 atom stereocenters. The van der Waals surface area contributed by atoms with Gasteiger partial charge in [0.25, 0.3) is 0 Å². The topological polar surface area (TPSA) is 35.2 Å². The zero-order chi connectivity index (χ0) is 8.10. The largest absolute Gasteiger partial charge is 0.402 e.